The lowest BCUT2D eigenvalue weighted by Gasteiger charge is -2.13. The van der Waals surface area contributed by atoms with Crippen molar-refractivity contribution in [1.29, 1.82) is 0 Å². The van der Waals surface area contributed by atoms with Gasteiger partial charge in [-0.05, 0) is 0 Å². The standard InChI is InChI=1S/H6O7Si2.H4O4Si.H3O4Si.H2O/c1-8(2,3)7-9(4,5)6;2*1-5(2,3)4;/h1-6H;1-4H;1-3H;1H2/q;;-1;. The monoisotopic (exact) mass is 383 g/mol. The molecule has 0 aromatic heterocycles. The summed E-state index contributed by atoms with van der Waals surface area (Å²) in [6.07, 6.45) is 0. The maximum Gasteiger partial charge on any atom is 0.668 e. The van der Waals surface area contributed by atoms with Gasteiger partial charge in [-0.3, -0.25) is 0 Å². The van der Waals surface area contributed by atoms with E-state index in [1.807, 2.05) is 0 Å². The van der Waals surface area contributed by atoms with Crippen molar-refractivity contribution in [3.8, 4) is 0 Å². The summed E-state index contributed by atoms with van der Waals surface area (Å²) in [7, 11) is -19.4. The molecule has 0 aromatic carbocycles. The molecule has 0 amide bonds. The Bertz CT molecular complexity index is 173. The van der Waals surface area contributed by atoms with Gasteiger partial charge in [-0.15, -0.1) is 0 Å². The van der Waals surface area contributed by atoms with Crippen LogP contribution in [0.1, 0.15) is 0 Å². The van der Waals surface area contributed by atoms with Crippen molar-refractivity contribution in [3.63, 3.8) is 0 Å². The predicted molar refractivity (Wildman–Crippen MR) is 56.6 cm³/mol. The van der Waals surface area contributed by atoms with Gasteiger partial charge in [0, 0.05) is 0 Å². The van der Waals surface area contributed by atoms with Gasteiger partial charge in [-0.2, -0.15) is 0 Å². The minimum absolute atomic E-state index is 0. The van der Waals surface area contributed by atoms with E-state index in [1.165, 1.54) is 0 Å². The van der Waals surface area contributed by atoms with Crippen LogP contribution >= 0.6 is 0 Å². The molecule has 0 unspecified atom stereocenters. The quantitative estimate of drug-likeness (QED) is 0.197. The molecule has 0 atom stereocenters. The maximum absolute atomic E-state index is 8.91. The molecule has 0 aliphatic carbocycles. The largest absolute Gasteiger partial charge is 0.794 e. The van der Waals surface area contributed by atoms with Gasteiger partial charge in [-0.1, -0.05) is 0 Å². The van der Waals surface area contributed by atoms with Crippen LogP contribution < -0.4 is 4.80 Å². The lowest BCUT2D eigenvalue weighted by atomic mass is 15.6. The molecule has 20 heavy (non-hydrogen) atoms. The first-order chi connectivity index (χ1) is 7.71. The summed E-state index contributed by atoms with van der Waals surface area (Å²) < 4.78 is 3.24. The van der Waals surface area contributed by atoms with Crippen LogP contribution in [0, 0.1) is 0 Å². The first kappa shape index (κ1) is 28.4. The third-order valence-corrected chi connectivity index (χ3v) is 2.46. The van der Waals surface area contributed by atoms with Crippen LogP contribution in [-0.4, -0.2) is 104 Å². The number of hydrogen-bond acceptors (Lipinski definition) is 15. The van der Waals surface area contributed by atoms with E-state index in [1.54, 1.807) is 0 Å². The summed E-state index contributed by atoms with van der Waals surface area (Å²) in [4.78, 5) is 107. The Balaban J connectivity index is -0.000000101. The highest BCUT2D eigenvalue weighted by atomic mass is 28.5. The van der Waals surface area contributed by atoms with E-state index in [0.717, 1.165) is 0 Å². The smallest absolute Gasteiger partial charge is 0.668 e. The molecule has 0 fully saturated rings. The van der Waals surface area contributed by atoms with Crippen molar-refractivity contribution < 1.29 is 76.7 Å². The number of rotatable bonds is 2. The zero-order valence-electron chi connectivity index (χ0n) is 9.13. The molecular weight excluding hydrogens is 368 g/mol. The summed E-state index contributed by atoms with van der Waals surface area (Å²) in [6.45, 7) is 0. The van der Waals surface area contributed by atoms with E-state index in [4.69, 9.17) is 67.1 Å². The molecule has 128 valence electrons. The van der Waals surface area contributed by atoms with Crippen molar-refractivity contribution in [2.24, 2.45) is 0 Å². The molecule has 0 aliphatic rings. The van der Waals surface area contributed by atoms with Gasteiger partial charge in [0.2, 0.25) is 0 Å². The molecule has 0 aromatic rings. The van der Waals surface area contributed by atoms with E-state index >= 15 is 0 Å². The summed E-state index contributed by atoms with van der Waals surface area (Å²) in [6, 6.07) is 0. The van der Waals surface area contributed by atoms with Crippen molar-refractivity contribution in [3.05, 3.63) is 0 Å². The van der Waals surface area contributed by atoms with Crippen LogP contribution in [0.2, 0.25) is 0 Å². The second-order valence-electron chi connectivity index (χ2n) is 2.42. The summed E-state index contributed by atoms with van der Waals surface area (Å²) >= 11 is 0. The first-order valence-electron chi connectivity index (χ1n) is 3.52. The Hall–Kier alpha value is 0.228. The Labute approximate surface area is 114 Å². The van der Waals surface area contributed by atoms with Gasteiger partial charge in [0.05, 0.1) is 0 Å². The van der Waals surface area contributed by atoms with Crippen molar-refractivity contribution >= 4 is 36.2 Å². The minimum Gasteiger partial charge on any atom is -0.794 e. The highest BCUT2D eigenvalue weighted by Gasteiger charge is 2.45. The van der Waals surface area contributed by atoms with E-state index < -0.39 is 36.2 Å². The van der Waals surface area contributed by atoms with E-state index in [9.17, 15) is 0 Å². The fourth-order valence-corrected chi connectivity index (χ4v) is 1.65. The second kappa shape index (κ2) is 10.0. The van der Waals surface area contributed by atoms with Gasteiger partial charge >= 0.3 is 36.2 Å². The molecule has 0 heterocycles. The van der Waals surface area contributed by atoms with Gasteiger partial charge < -0.3 is 76.7 Å². The Morgan fingerprint density at radius 2 is 0.650 bits per heavy atom. The van der Waals surface area contributed by atoms with E-state index in [0.29, 0.717) is 0 Å². The van der Waals surface area contributed by atoms with Crippen molar-refractivity contribution in [1.82, 2.24) is 0 Å². The van der Waals surface area contributed by atoms with Gasteiger partial charge in [0.1, 0.15) is 0 Å². The Morgan fingerprint density at radius 1 is 0.550 bits per heavy atom. The molecular formula is H15O16Si4-. The first-order valence-corrected chi connectivity index (χ1v) is 10.6. The SMILES string of the molecule is O.O[Si](O)(O)O.O[Si](O)(O)O[Si](O)(O)O.[O-][Si](O)(O)O. The van der Waals surface area contributed by atoms with Gasteiger partial charge in [0.25, 0.3) is 0 Å². The minimum atomic E-state index is -4.98. The normalized spacial score (nSPS) is 12.3. The van der Waals surface area contributed by atoms with Crippen molar-refractivity contribution in [2.45, 2.75) is 0 Å². The molecule has 0 rings (SSSR count). The van der Waals surface area contributed by atoms with Crippen molar-refractivity contribution in [2.75, 3.05) is 0 Å². The molecule has 0 aliphatic heterocycles. The maximum atomic E-state index is 8.91. The molecule has 0 bridgehead atoms. The van der Waals surface area contributed by atoms with Crippen LogP contribution in [0.25, 0.3) is 0 Å². The van der Waals surface area contributed by atoms with Crippen LogP contribution in [0.3, 0.4) is 0 Å². The Kier molecular flexibility index (Phi) is 14.3. The van der Waals surface area contributed by atoms with Crippen LogP contribution in [0.5, 0.6) is 0 Å². The fourth-order valence-electron chi connectivity index (χ4n) is 0.184. The molecule has 20 heteroatoms. The second-order valence-corrected chi connectivity index (χ2v) is 7.88. The molecule has 0 saturated heterocycles. The molecule has 0 spiro atoms. The molecule has 15 N–H and O–H groups in total. The lowest BCUT2D eigenvalue weighted by Crippen LogP contribution is -2.53. The predicted octanol–water partition coefficient (Wildman–Crippen LogP) is -10.8. The lowest BCUT2D eigenvalue weighted by molar-refractivity contribution is -0.295. The van der Waals surface area contributed by atoms with Gasteiger partial charge in [-0.25, -0.2) is 0 Å². The summed E-state index contributed by atoms with van der Waals surface area (Å²) in [5, 5.41) is 0. The number of hydrogen-bond donors (Lipinski definition) is 13. The average Bonchev–Trinajstić information content (AvgIpc) is 1.63. The molecule has 0 radical (unpaired) electrons. The Morgan fingerprint density at radius 3 is 0.650 bits per heavy atom. The average molecular weight is 383 g/mol. The van der Waals surface area contributed by atoms with E-state index in [-0.39, 0.29) is 5.48 Å². The van der Waals surface area contributed by atoms with Crippen LogP contribution in [-0.2, 0) is 4.12 Å². The topological polar surface area (TPSA) is 327 Å². The van der Waals surface area contributed by atoms with Crippen LogP contribution in [0.4, 0.5) is 0 Å². The highest BCUT2D eigenvalue weighted by Crippen LogP contribution is 1.95. The highest BCUT2D eigenvalue weighted by molar-refractivity contribution is 6.63. The third-order valence-electron chi connectivity index (χ3n) is 0.274. The van der Waals surface area contributed by atoms with Crippen LogP contribution in [0.15, 0.2) is 0 Å². The van der Waals surface area contributed by atoms with Gasteiger partial charge in [0.15, 0.2) is 0 Å². The summed E-state index contributed by atoms with van der Waals surface area (Å²) in [5.74, 6) is 0. The van der Waals surface area contributed by atoms with E-state index in [2.05, 4.69) is 4.12 Å². The fraction of sp³-hybridized carbons (Fsp3) is 0. The summed E-state index contributed by atoms with van der Waals surface area (Å²) in [5.41, 5.74) is 0. The zero-order chi connectivity index (χ0) is 16.7. The molecule has 16 nitrogen and oxygen atoms in total. The third kappa shape index (κ3) is 139. The molecule has 0 saturated carbocycles. The zero-order valence-corrected chi connectivity index (χ0v) is 13.1.